The number of aliphatic hydroxyl groups is 1. The molecule has 3 N–H and O–H groups in total. The Hall–Kier alpha value is -0.830. The first-order chi connectivity index (χ1) is 4.16. The fourth-order valence-corrected chi connectivity index (χ4v) is 0.467. The number of ketones is 1. The second kappa shape index (κ2) is 4.09. The van der Waals surface area contributed by atoms with Gasteiger partial charge in [-0.2, -0.15) is 0 Å². The molecular formula is C6H11NO2. The Morgan fingerprint density at radius 3 is 2.78 bits per heavy atom. The number of rotatable bonds is 3. The molecule has 0 bridgehead atoms. The van der Waals surface area contributed by atoms with Gasteiger partial charge in [-0.05, 0) is 19.2 Å². The van der Waals surface area contributed by atoms with E-state index in [-0.39, 0.29) is 12.2 Å². The average molecular weight is 129 g/mol. The van der Waals surface area contributed by atoms with Crippen molar-refractivity contribution >= 4 is 5.78 Å². The number of allylic oxidation sites excluding steroid dienone is 1. The molecule has 0 fully saturated rings. The van der Waals surface area contributed by atoms with E-state index >= 15 is 0 Å². The molecule has 0 aromatic heterocycles. The van der Waals surface area contributed by atoms with Crippen molar-refractivity contribution in [2.75, 3.05) is 0 Å². The molecule has 3 heteroatoms. The molecule has 0 saturated heterocycles. The van der Waals surface area contributed by atoms with Crippen molar-refractivity contribution in [1.29, 1.82) is 0 Å². The molecule has 52 valence electrons. The van der Waals surface area contributed by atoms with Crippen molar-refractivity contribution in [1.82, 2.24) is 0 Å². The molecule has 1 unspecified atom stereocenters. The zero-order valence-electron chi connectivity index (χ0n) is 5.37. The van der Waals surface area contributed by atoms with E-state index in [9.17, 15) is 4.79 Å². The summed E-state index contributed by atoms with van der Waals surface area (Å²) in [5, 5.41) is 8.65. The second-order valence-electron chi connectivity index (χ2n) is 1.88. The third-order valence-electron chi connectivity index (χ3n) is 0.779. The number of hydrogen-bond acceptors (Lipinski definition) is 3. The SMILES string of the molecule is CC(O)CC(=O)/C=C\N. The van der Waals surface area contributed by atoms with Gasteiger partial charge in [0.25, 0.3) is 0 Å². The molecular weight excluding hydrogens is 118 g/mol. The van der Waals surface area contributed by atoms with Gasteiger partial charge < -0.3 is 10.8 Å². The molecule has 1 atom stereocenters. The summed E-state index contributed by atoms with van der Waals surface area (Å²) in [6.07, 6.45) is 1.99. The fraction of sp³-hybridized carbons (Fsp3) is 0.500. The molecule has 0 rings (SSSR count). The standard InChI is InChI=1S/C6H11NO2/c1-5(8)4-6(9)2-3-7/h2-3,5,8H,4,7H2,1H3/b3-2-. The van der Waals surface area contributed by atoms with Crippen LogP contribution in [0.5, 0.6) is 0 Å². The van der Waals surface area contributed by atoms with Crippen LogP contribution >= 0.6 is 0 Å². The van der Waals surface area contributed by atoms with Crippen molar-refractivity contribution in [3.8, 4) is 0 Å². The van der Waals surface area contributed by atoms with E-state index < -0.39 is 6.10 Å². The molecule has 0 saturated carbocycles. The summed E-state index contributed by atoms with van der Waals surface area (Å²) in [5.74, 6) is -0.146. The third-order valence-corrected chi connectivity index (χ3v) is 0.779. The van der Waals surface area contributed by atoms with Crippen LogP contribution in [0.4, 0.5) is 0 Å². The van der Waals surface area contributed by atoms with Crippen LogP contribution in [0, 0.1) is 0 Å². The quantitative estimate of drug-likeness (QED) is 0.519. The molecule has 0 aliphatic carbocycles. The lowest BCUT2D eigenvalue weighted by atomic mass is 10.2. The van der Waals surface area contributed by atoms with Crippen molar-refractivity contribution < 1.29 is 9.90 Å². The van der Waals surface area contributed by atoms with Gasteiger partial charge in [0, 0.05) is 6.42 Å². The largest absolute Gasteiger partial charge is 0.404 e. The van der Waals surface area contributed by atoms with E-state index in [1.54, 1.807) is 6.92 Å². The van der Waals surface area contributed by atoms with Crippen molar-refractivity contribution in [3.05, 3.63) is 12.3 Å². The van der Waals surface area contributed by atoms with E-state index in [0.29, 0.717) is 0 Å². The summed E-state index contributed by atoms with van der Waals surface area (Å²) in [4.78, 5) is 10.5. The number of carbonyl (C=O) groups excluding carboxylic acids is 1. The monoisotopic (exact) mass is 129 g/mol. The second-order valence-corrected chi connectivity index (χ2v) is 1.88. The predicted octanol–water partition coefficient (Wildman–Crippen LogP) is -0.201. The highest BCUT2D eigenvalue weighted by atomic mass is 16.3. The minimum Gasteiger partial charge on any atom is -0.404 e. The van der Waals surface area contributed by atoms with Gasteiger partial charge in [0.2, 0.25) is 0 Å². The summed E-state index contributed by atoms with van der Waals surface area (Å²) in [6.45, 7) is 1.56. The molecule has 0 heterocycles. The summed E-state index contributed by atoms with van der Waals surface area (Å²) in [5.41, 5.74) is 4.92. The average Bonchev–Trinajstić information content (AvgIpc) is 1.63. The van der Waals surface area contributed by atoms with Crippen molar-refractivity contribution in [2.45, 2.75) is 19.4 Å². The number of nitrogens with two attached hydrogens (primary N) is 1. The van der Waals surface area contributed by atoms with Gasteiger partial charge in [-0.3, -0.25) is 4.79 Å². The van der Waals surface area contributed by atoms with E-state index in [1.807, 2.05) is 0 Å². The number of hydrogen-bond donors (Lipinski definition) is 2. The summed E-state index contributed by atoms with van der Waals surface area (Å²) < 4.78 is 0. The van der Waals surface area contributed by atoms with Gasteiger partial charge in [0.05, 0.1) is 6.10 Å². The van der Waals surface area contributed by atoms with Gasteiger partial charge in [0.1, 0.15) is 0 Å². The Morgan fingerprint density at radius 2 is 2.44 bits per heavy atom. The summed E-state index contributed by atoms with van der Waals surface area (Å²) in [7, 11) is 0. The minimum atomic E-state index is -0.575. The van der Waals surface area contributed by atoms with E-state index in [1.165, 1.54) is 12.3 Å². The van der Waals surface area contributed by atoms with Gasteiger partial charge in [0.15, 0.2) is 5.78 Å². The number of carbonyl (C=O) groups is 1. The maximum Gasteiger partial charge on any atom is 0.159 e. The topological polar surface area (TPSA) is 63.3 Å². The number of aliphatic hydroxyl groups excluding tert-OH is 1. The third kappa shape index (κ3) is 5.03. The lowest BCUT2D eigenvalue weighted by Gasteiger charge is -1.96. The van der Waals surface area contributed by atoms with Crippen LogP contribution in [0.3, 0.4) is 0 Å². The fourth-order valence-electron chi connectivity index (χ4n) is 0.467. The molecule has 0 aliphatic heterocycles. The molecule has 0 aromatic rings. The Kier molecular flexibility index (Phi) is 3.71. The van der Waals surface area contributed by atoms with Crippen molar-refractivity contribution in [2.24, 2.45) is 5.73 Å². The lowest BCUT2D eigenvalue weighted by molar-refractivity contribution is -0.116. The van der Waals surface area contributed by atoms with Crippen LogP contribution in [0.2, 0.25) is 0 Å². The van der Waals surface area contributed by atoms with E-state index in [2.05, 4.69) is 0 Å². The molecule has 0 amide bonds. The Labute approximate surface area is 54.2 Å². The maximum absolute atomic E-state index is 10.5. The highest BCUT2D eigenvalue weighted by molar-refractivity contribution is 5.89. The highest BCUT2D eigenvalue weighted by Crippen LogP contribution is 1.90. The first kappa shape index (κ1) is 8.17. The minimum absolute atomic E-state index is 0.146. The van der Waals surface area contributed by atoms with Crippen LogP contribution < -0.4 is 5.73 Å². The molecule has 0 aromatic carbocycles. The van der Waals surface area contributed by atoms with Gasteiger partial charge in [-0.25, -0.2) is 0 Å². The molecule has 0 radical (unpaired) electrons. The molecule has 0 aliphatic rings. The molecule has 0 spiro atoms. The van der Waals surface area contributed by atoms with Gasteiger partial charge >= 0.3 is 0 Å². The van der Waals surface area contributed by atoms with E-state index in [0.717, 1.165) is 0 Å². The van der Waals surface area contributed by atoms with Gasteiger partial charge in [-0.1, -0.05) is 0 Å². The zero-order chi connectivity index (χ0) is 7.28. The highest BCUT2D eigenvalue weighted by Gasteiger charge is 2.00. The zero-order valence-corrected chi connectivity index (χ0v) is 5.37. The van der Waals surface area contributed by atoms with Crippen LogP contribution in [0.15, 0.2) is 12.3 Å². The molecule has 9 heavy (non-hydrogen) atoms. The van der Waals surface area contributed by atoms with Crippen LogP contribution in [-0.4, -0.2) is 17.0 Å². The Bertz CT molecular complexity index is 118. The Morgan fingerprint density at radius 1 is 1.89 bits per heavy atom. The smallest absolute Gasteiger partial charge is 0.159 e. The van der Waals surface area contributed by atoms with Crippen LogP contribution in [-0.2, 0) is 4.79 Å². The predicted molar refractivity (Wildman–Crippen MR) is 34.6 cm³/mol. The van der Waals surface area contributed by atoms with Gasteiger partial charge in [-0.15, -0.1) is 0 Å². The normalized spacial score (nSPS) is 14.0. The lowest BCUT2D eigenvalue weighted by Crippen LogP contribution is -2.06. The van der Waals surface area contributed by atoms with E-state index in [4.69, 9.17) is 10.8 Å². The molecule has 3 nitrogen and oxygen atoms in total. The van der Waals surface area contributed by atoms with Crippen LogP contribution in [0.1, 0.15) is 13.3 Å². The maximum atomic E-state index is 10.5. The summed E-state index contributed by atoms with van der Waals surface area (Å²) >= 11 is 0. The summed E-state index contributed by atoms with van der Waals surface area (Å²) in [6, 6.07) is 0. The first-order valence-corrected chi connectivity index (χ1v) is 2.76. The first-order valence-electron chi connectivity index (χ1n) is 2.76. The Balaban J connectivity index is 3.51. The van der Waals surface area contributed by atoms with Crippen LogP contribution in [0.25, 0.3) is 0 Å². The van der Waals surface area contributed by atoms with Crippen molar-refractivity contribution in [3.63, 3.8) is 0 Å².